The van der Waals surface area contributed by atoms with E-state index >= 15 is 0 Å². The van der Waals surface area contributed by atoms with Gasteiger partial charge in [0.2, 0.25) is 0 Å². The Kier molecular flexibility index (Phi) is 3.95. The van der Waals surface area contributed by atoms with Crippen LogP contribution in [0, 0.1) is 5.92 Å². The maximum absolute atomic E-state index is 12.6. The van der Waals surface area contributed by atoms with Gasteiger partial charge in [0.05, 0.1) is 5.83 Å². The first-order valence-corrected chi connectivity index (χ1v) is 5.80. The van der Waals surface area contributed by atoms with Crippen LogP contribution < -0.4 is 5.32 Å². The third-order valence-electron chi connectivity index (χ3n) is 2.89. The molecule has 0 amide bonds. The van der Waals surface area contributed by atoms with E-state index < -0.39 is 0 Å². The van der Waals surface area contributed by atoms with Gasteiger partial charge in [-0.1, -0.05) is 13.5 Å². The van der Waals surface area contributed by atoms with Gasteiger partial charge >= 0.3 is 0 Å². The molecule has 0 aromatic heterocycles. The predicted molar refractivity (Wildman–Crippen MR) is 67.7 cm³/mol. The molecule has 0 saturated heterocycles. The Bertz CT molecular complexity index is 329. The van der Waals surface area contributed by atoms with Gasteiger partial charge in [0.1, 0.15) is 0 Å². The molecular formula is C14H22FN. The predicted octanol–water partition coefficient (Wildman–Crippen LogP) is 4.10. The van der Waals surface area contributed by atoms with E-state index in [1.807, 2.05) is 13.0 Å². The van der Waals surface area contributed by atoms with E-state index in [0.29, 0.717) is 0 Å². The molecule has 1 saturated carbocycles. The lowest BCUT2D eigenvalue weighted by atomic mass is 9.70. The van der Waals surface area contributed by atoms with Crippen molar-refractivity contribution in [3.8, 4) is 0 Å². The summed E-state index contributed by atoms with van der Waals surface area (Å²) in [6.07, 6.45) is 5.75. The van der Waals surface area contributed by atoms with Gasteiger partial charge < -0.3 is 5.32 Å². The molecule has 1 aliphatic carbocycles. The van der Waals surface area contributed by atoms with Crippen molar-refractivity contribution in [3.63, 3.8) is 0 Å². The Morgan fingerprint density at radius 1 is 1.38 bits per heavy atom. The van der Waals surface area contributed by atoms with Crippen LogP contribution in [0.3, 0.4) is 0 Å². The van der Waals surface area contributed by atoms with Crippen molar-refractivity contribution in [2.24, 2.45) is 5.92 Å². The highest BCUT2D eigenvalue weighted by atomic mass is 19.1. The molecule has 2 heteroatoms. The van der Waals surface area contributed by atoms with Gasteiger partial charge in [-0.2, -0.15) is 0 Å². The van der Waals surface area contributed by atoms with E-state index in [1.54, 1.807) is 0 Å². The zero-order valence-electron chi connectivity index (χ0n) is 10.7. The minimum absolute atomic E-state index is 0.176. The van der Waals surface area contributed by atoms with E-state index in [2.05, 4.69) is 25.7 Å². The first-order chi connectivity index (χ1) is 7.31. The largest absolute Gasteiger partial charge is 0.380 e. The van der Waals surface area contributed by atoms with Crippen molar-refractivity contribution in [1.82, 2.24) is 5.32 Å². The monoisotopic (exact) mass is 223 g/mol. The molecule has 0 spiro atoms. The molecule has 0 unspecified atom stereocenters. The van der Waals surface area contributed by atoms with Crippen LogP contribution in [0.1, 0.15) is 40.5 Å². The molecule has 0 aliphatic heterocycles. The smallest absolute Gasteiger partial charge is 0.0971 e. The highest BCUT2D eigenvalue weighted by molar-refractivity contribution is 5.28. The second kappa shape index (κ2) is 4.86. The fourth-order valence-electron chi connectivity index (χ4n) is 2.63. The Morgan fingerprint density at radius 2 is 1.94 bits per heavy atom. The van der Waals surface area contributed by atoms with Crippen molar-refractivity contribution >= 4 is 0 Å². The molecule has 0 atom stereocenters. The van der Waals surface area contributed by atoms with Crippen molar-refractivity contribution in [2.45, 2.75) is 46.1 Å². The lowest BCUT2D eigenvalue weighted by Crippen LogP contribution is -2.51. The molecule has 0 radical (unpaired) electrons. The summed E-state index contributed by atoms with van der Waals surface area (Å²) in [5, 5.41) is 3.40. The first kappa shape index (κ1) is 13.0. The van der Waals surface area contributed by atoms with Crippen LogP contribution >= 0.6 is 0 Å². The van der Waals surface area contributed by atoms with Crippen LogP contribution in [-0.2, 0) is 0 Å². The molecule has 1 rings (SSSR count). The number of nitrogens with one attached hydrogen (secondary N) is 1. The molecule has 16 heavy (non-hydrogen) atoms. The van der Waals surface area contributed by atoms with Crippen molar-refractivity contribution < 1.29 is 4.39 Å². The molecule has 0 heterocycles. The molecular weight excluding hydrogens is 201 g/mol. The third-order valence-corrected chi connectivity index (χ3v) is 2.89. The highest BCUT2D eigenvalue weighted by Gasteiger charge is 2.37. The van der Waals surface area contributed by atoms with Crippen molar-refractivity contribution in [3.05, 3.63) is 35.8 Å². The molecule has 1 fully saturated rings. The van der Waals surface area contributed by atoms with Gasteiger partial charge in [0.15, 0.2) is 0 Å². The summed E-state index contributed by atoms with van der Waals surface area (Å²) in [4.78, 5) is 0. The summed E-state index contributed by atoms with van der Waals surface area (Å²) in [7, 11) is 0. The van der Waals surface area contributed by atoms with E-state index in [-0.39, 0.29) is 11.4 Å². The zero-order valence-corrected chi connectivity index (χ0v) is 10.7. The Hall–Kier alpha value is -1.05. The van der Waals surface area contributed by atoms with Crippen LogP contribution in [0.2, 0.25) is 0 Å². The number of hydrogen-bond acceptors (Lipinski definition) is 1. The first-order valence-electron chi connectivity index (χ1n) is 5.80. The summed E-state index contributed by atoms with van der Waals surface area (Å²) in [6.45, 7) is 11.7. The maximum atomic E-state index is 12.6. The van der Waals surface area contributed by atoms with Gasteiger partial charge in [0, 0.05) is 11.2 Å². The van der Waals surface area contributed by atoms with Crippen molar-refractivity contribution in [1.29, 1.82) is 0 Å². The zero-order chi connectivity index (χ0) is 12.3. The van der Waals surface area contributed by atoms with E-state index in [1.165, 1.54) is 25.8 Å². The van der Waals surface area contributed by atoms with Crippen LogP contribution in [0.5, 0.6) is 0 Å². The minimum atomic E-state index is -0.176. The number of hydrogen-bond donors (Lipinski definition) is 1. The standard InChI is InChI=1S/C14H22FN/c1-10(6-12(3)15)7-13(4)16-14(5)8-11(2)9-14/h6-7,11,16H,4,8-9H2,1-3,5H3/b10-7-,12-6+. The Morgan fingerprint density at radius 3 is 2.38 bits per heavy atom. The molecule has 0 aromatic carbocycles. The van der Waals surface area contributed by atoms with Gasteiger partial charge in [-0.25, -0.2) is 4.39 Å². The molecule has 90 valence electrons. The topological polar surface area (TPSA) is 12.0 Å². The number of rotatable bonds is 4. The fourth-order valence-corrected chi connectivity index (χ4v) is 2.63. The molecule has 1 aliphatic rings. The second-order valence-electron chi connectivity index (χ2n) is 5.34. The summed E-state index contributed by atoms with van der Waals surface area (Å²) < 4.78 is 12.6. The van der Waals surface area contributed by atoms with Crippen LogP contribution in [0.4, 0.5) is 4.39 Å². The van der Waals surface area contributed by atoms with E-state index in [9.17, 15) is 4.39 Å². The van der Waals surface area contributed by atoms with E-state index in [4.69, 9.17) is 0 Å². The van der Waals surface area contributed by atoms with Gasteiger partial charge in [0.25, 0.3) is 0 Å². The fraction of sp³-hybridized carbons (Fsp3) is 0.571. The highest BCUT2D eigenvalue weighted by Crippen LogP contribution is 2.37. The molecule has 1 N–H and O–H groups in total. The second-order valence-corrected chi connectivity index (χ2v) is 5.34. The maximum Gasteiger partial charge on any atom is 0.0971 e. The summed E-state index contributed by atoms with van der Waals surface area (Å²) in [6, 6.07) is 0. The molecule has 1 nitrogen and oxygen atoms in total. The van der Waals surface area contributed by atoms with Gasteiger partial charge in [-0.15, -0.1) is 0 Å². The lowest BCUT2D eigenvalue weighted by molar-refractivity contribution is 0.150. The van der Waals surface area contributed by atoms with E-state index in [0.717, 1.165) is 17.2 Å². The van der Waals surface area contributed by atoms with Crippen LogP contribution in [0.15, 0.2) is 35.8 Å². The summed E-state index contributed by atoms with van der Waals surface area (Å²) in [5.74, 6) is 0.619. The third kappa shape index (κ3) is 3.84. The van der Waals surface area contributed by atoms with Gasteiger partial charge in [-0.05, 0) is 57.3 Å². The average molecular weight is 223 g/mol. The van der Waals surface area contributed by atoms with Crippen LogP contribution in [-0.4, -0.2) is 5.54 Å². The molecule has 0 bridgehead atoms. The number of halogens is 1. The Labute approximate surface area is 98.1 Å². The summed E-state index contributed by atoms with van der Waals surface area (Å²) in [5.41, 5.74) is 1.93. The molecule has 0 aromatic rings. The quantitative estimate of drug-likeness (QED) is 0.708. The lowest BCUT2D eigenvalue weighted by Gasteiger charge is -2.45. The Balaban J connectivity index is 2.51. The minimum Gasteiger partial charge on any atom is -0.380 e. The SMILES string of the molecule is C=C(/C=C(C)\C=C(/C)F)NC1(C)CC(C)C1. The average Bonchev–Trinajstić information content (AvgIpc) is 1.97. The van der Waals surface area contributed by atoms with Gasteiger partial charge in [-0.3, -0.25) is 0 Å². The van der Waals surface area contributed by atoms with Crippen molar-refractivity contribution in [2.75, 3.05) is 0 Å². The summed E-state index contributed by atoms with van der Waals surface area (Å²) >= 11 is 0. The normalized spacial score (nSPS) is 30.9. The van der Waals surface area contributed by atoms with Crippen LogP contribution in [0.25, 0.3) is 0 Å². The number of allylic oxidation sites excluding steroid dienone is 4.